The first-order chi connectivity index (χ1) is 3.81. The molecule has 0 saturated heterocycles. The molecule has 0 aromatic rings. The Morgan fingerprint density at radius 1 is 1.50 bits per heavy atom. The highest BCUT2D eigenvalue weighted by atomic mass is 14.0. The zero-order valence-electron chi connectivity index (χ0n) is 6.02. The van der Waals surface area contributed by atoms with Gasteiger partial charge in [-0.1, -0.05) is 32.4 Å². The summed E-state index contributed by atoms with van der Waals surface area (Å²) in [5.74, 6) is 0.742. The van der Waals surface area contributed by atoms with E-state index in [1.54, 1.807) is 0 Å². The average molecular weight is 111 g/mol. The molecule has 0 aliphatic heterocycles. The van der Waals surface area contributed by atoms with Crippen LogP contribution >= 0.6 is 0 Å². The van der Waals surface area contributed by atoms with Crippen LogP contribution < -0.4 is 0 Å². The Morgan fingerprint density at radius 2 is 2.12 bits per heavy atom. The van der Waals surface area contributed by atoms with Crippen molar-refractivity contribution in [2.75, 3.05) is 0 Å². The monoisotopic (exact) mass is 111 g/mol. The van der Waals surface area contributed by atoms with Crippen molar-refractivity contribution in [3.05, 3.63) is 18.6 Å². The molecule has 0 aromatic heterocycles. The van der Waals surface area contributed by atoms with Crippen molar-refractivity contribution in [3.8, 4) is 0 Å². The fraction of sp³-hybridized carbons (Fsp3) is 0.625. The van der Waals surface area contributed by atoms with Crippen molar-refractivity contribution >= 4 is 0 Å². The lowest BCUT2D eigenvalue weighted by atomic mass is 10.1. The van der Waals surface area contributed by atoms with Crippen LogP contribution in [0, 0.1) is 12.3 Å². The molecule has 0 aromatic carbocycles. The van der Waals surface area contributed by atoms with Crippen molar-refractivity contribution in [3.63, 3.8) is 0 Å². The van der Waals surface area contributed by atoms with Gasteiger partial charge in [-0.2, -0.15) is 0 Å². The van der Waals surface area contributed by atoms with E-state index in [2.05, 4.69) is 32.4 Å². The molecule has 47 valence electrons. The topological polar surface area (TPSA) is 0 Å². The van der Waals surface area contributed by atoms with Gasteiger partial charge in [-0.15, -0.1) is 0 Å². The van der Waals surface area contributed by atoms with Gasteiger partial charge in [0.15, 0.2) is 0 Å². The first-order valence-electron chi connectivity index (χ1n) is 3.27. The van der Waals surface area contributed by atoms with E-state index in [9.17, 15) is 0 Å². The Balaban J connectivity index is 3.10. The smallest absolute Gasteiger partial charge is 0.0142 e. The third-order valence-electron chi connectivity index (χ3n) is 1.28. The zero-order chi connectivity index (χ0) is 6.41. The van der Waals surface area contributed by atoms with Crippen molar-refractivity contribution < 1.29 is 0 Å². The van der Waals surface area contributed by atoms with Crippen molar-refractivity contribution in [2.24, 2.45) is 5.92 Å². The van der Waals surface area contributed by atoms with Crippen molar-refractivity contribution in [2.45, 2.75) is 27.2 Å². The molecule has 0 N–H and O–H groups in total. The molecule has 0 saturated carbocycles. The number of hydrogen-bond acceptors (Lipinski definition) is 0. The molecule has 0 rings (SSSR count). The normalized spacial score (nSPS) is 14.9. The van der Waals surface area contributed by atoms with Crippen LogP contribution in [0.1, 0.15) is 27.2 Å². The van der Waals surface area contributed by atoms with Crippen LogP contribution in [0.2, 0.25) is 0 Å². The van der Waals surface area contributed by atoms with E-state index in [1.165, 1.54) is 6.42 Å². The van der Waals surface area contributed by atoms with Gasteiger partial charge in [0.2, 0.25) is 0 Å². The Kier molecular flexibility index (Phi) is 4.73. The molecule has 0 nitrogen and oxygen atoms in total. The third kappa shape index (κ3) is 3.91. The fourth-order valence-electron chi connectivity index (χ4n) is 0.437. The highest BCUT2D eigenvalue weighted by molar-refractivity contribution is 4.94. The lowest BCUT2D eigenvalue weighted by molar-refractivity contribution is 0.664. The molecule has 0 spiro atoms. The van der Waals surface area contributed by atoms with Gasteiger partial charge in [-0.05, 0) is 19.3 Å². The highest BCUT2D eigenvalue weighted by Crippen LogP contribution is 2.04. The van der Waals surface area contributed by atoms with Crippen molar-refractivity contribution in [1.82, 2.24) is 0 Å². The van der Waals surface area contributed by atoms with Gasteiger partial charge in [0.25, 0.3) is 0 Å². The minimum atomic E-state index is 0.742. The third-order valence-corrected chi connectivity index (χ3v) is 1.28. The van der Waals surface area contributed by atoms with Gasteiger partial charge in [0.1, 0.15) is 0 Å². The number of hydrogen-bond donors (Lipinski definition) is 0. The van der Waals surface area contributed by atoms with Gasteiger partial charge in [-0.25, -0.2) is 0 Å². The van der Waals surface area contributed by atoms with Crippen molar-refractivity contribution in [1.29, 1.82) is 0 Å². The quantitative estimate of drug-likeness (QED) is 0.525. The first-order valence-corrected chi connectivity index (χ1v) is 3.27. The Bertz CT molecular complexity index is 62.4. The summed E-state index contributed by atoms with van der Waals surface area (Å²) in [6, 6.07) is 0. The predicted molar refractivity (Wildman–Crippen MR) is 38.6 cm³/mol. The minimum absolute atomic E-state index is 0.742. The summed E-state index contributed by atoms with van der Waals surface area (Å²) < 4.78 is 0. The maximum atomic E-state index is 2.22. The summed E-state index contributed by atoms with van der Waals surface area (Å²) >= 11 is 0. The van der Waals surface area contributed by atoms with Gasteiger partial charge >= 0.3 is 0 Å². The van der Waals surface area contributed by atoms with Gasteiger partial charge in [0.05, 0.1) is 0 Å². The number of rotatable bonds is 3. The summed E-state index contributed by atoms with van der Waals surface area (Å²) in [6.45, 7) is 6.46. The largest absolute Gasteiger partial charge is 0.0914 e. The van der Waals surface area contributed by atoms with Crippen LogP contribution in [-0.4, -0.2) is 0 Å². The molecule has 0 bridgehead atoms. The van der Waals surface area contributed by atoms with E-state index in [1.807, 2.05) is 6.92 Å². The number of allylic oxidation sites excluding steroid dienone is 2. The molecular weight excluding hydrogens is 96.1 g/mol. The van der Waals surface area contributed by atoms with Crippen LogP contribution in [0.3, 0.4) is 0 Å². The van der Waals surface area contributed by atoms with Crippen LogP contribution in [0.5, 0.6) is 0 Å². The lowest BCUT2D eigenvalue weighted by Gasteiger charge is -2.00. The van der Waals surface area contributed by atoms with E-state index in [-0.39, 0.29) is 0 Å². The standard InChI is InChI=1S/C8H15/c1-4-6-7-8(3)5-2/h4,6-8H,5H2,1-3H3/b6-4+. The van der Waals surface area contributed by atoms with Gasteiger partial charge in [0, 0.05) is 0 Å². The molecule has 0 amide bonds. The first kappa shape index (κ1) is 7.74. The van der Waals surface area contributed by atoms with Crippen LogP contribution in [-0.2, 0) is 0 Å². The summed E-state index contributed by atoms with van der Waals surface area (Å²) in [7, 11) is 0. The molecule has 0 heterocycles. The van der Waals surface area contributed by atoms with Gasteiger partial charge < -0.3 is 0 Å². The molecule has 1 atom stereocenters. The van der Waals surface area contributed by atoms with Gasteiger partial charge in [-0.3, -0.25) is 0 Å². The second-order valence-electron chi connectivity index (χ2n) is 2.10. The van der Waals surface area contributed by atoms with E-state index < -0.39 is 0 Å². The maximum Gasteiger partial charge on any atom is -0.0142 e. The summed E-state index contributed by atoms with van der Waals surface area (Å²) in [4.78, 5) is 0. The predicted octanol–water partition coefficient (Wildman–Crippen LogP) is 2.81. The second kappa shape index (κ2) is 4.89. The molecule has 1 radical (unpaired) electrons. The van der Waals surface area contributed by atoms with E-state index in [4.69, 9.17) is 0 Å². The lowest BCUT2D eigenvalue weighted by Crippen LogP contribution is -1.88. The van der Waals surface area contributed by atoms with E-state index in [0.717, 1.165) is 5.92 Å². The van der Waals surface area contributed by atoms with E-state index in [0.29, 0.717) is 0 Å². The molecule has 8 heavy (non-hydrogen) atoms. The maximum absolute atomic E-state index is 2.22. The van der Waals surface area contributed by atoms with Crippen LogP contribution in [0.4, 0.5) is 0 Å². The highest BCUT2D eigenvalue weighted by Gasteiger charge is 1.91. The van der Waals surface area contributed by atoms with Crippen LogP contribution in [0.25, 0.3) is 0 Å². The Morgan fingerprint density at radius 3 is 2.50 bits per heavy atom. The molecule has 0 heteroatoms. The SMILES string of the molecule is C/C=C/[CH]C(C)CC. The Labute approximate surface area is 52.6 Å². The molecule has 1 unspecified atom stereocenters. The Hall–Kier alpha value is -0.260. The van der Waals surface area contributed by atoms with Crippen LogP contribution in [0.15, 0.2) is 12.2 Å². The molecular formula is C8H15. The summed E-state index contributed by atoms with van der Waals surface area (Å²) in [6.07, 6.45) is 7.63. The summed E-state index contributed by atoms with van der Waals surface area (Å²) in [5.41, 5.74) is 0. The minimum Gasteiger partial charge on any atom is -0.0914 e. The second-order valence-corrected chi connectivity index (χ2v) is 2.10. The average Bonchev–Trinajstić information content (AvgIpc) is 1.83. The fourth-order valence-corrected chi connectivity index (χ4v) is 0.437. The zero-order valence-corrected chi connectivity index (χ0v) is 6.02. The summed E-state index contributed by atoms with van der Waals surface area (Å²) in [5, 5.41) is 0. The molecule has 0 fully saturated rings. The van der Waals surface area contributed by atoms with E-state index >= 15 is 0 Å². The molecule has 0 aliphatic rings. The molecule has 0 aliphatic carbocycles.